The summed E-state index contributed by atoms with van der Waals surface area (Å²) < 4.78 is 7.56. The molecule has 0 amide bonds. The maximum atomic E-state index is 5.31. The van der Waals surface area contributed by atoms with Crippen LogP contribution in [0, 0.1) is 6.92 Å². The molecule has 4 rings (SSSR count). The molecule has 3 nitrogen and oxygen atoms in total. The molecule has 0 aliphatic heterocycles. The molecule has 0 aliphatic carbocycles. The van der Waals surface area contributed by atoms with Gasteiger partial charge in [0.25, 0.3) is 0 Å². The molecule has 140 valence electrons. The number of methoxy groups -OCH3 is 1. The predicted octanol–water partition coefficient (Wildman–Crippen LogP) is 6.15. The van der Waals surface area contributed by atoms with E-state index in [0.717, 1.165) is 33.6 Å². The molecule has 0 saturated carbocycles. The zero-order valence-corrected chi connectivity index (χ0v) is 16.8. The Bertz CT molecular complexity index is 1060. The van der Waals surface area contributed by atoms with Gasteiger partial charge in [-0.05, 0) is 48.4 Å². The van der Waals surface area contributed by atoms with E-state index in [2.05, 4.69) is 72.2 Å². The van der Waals surface area contributed by atoms with E-state index in [1.165, 1.54) is 11.1 Å². The highest BCUT2D eigenvalue weighted by molar-refractivity contribution is 7.98. The molecule has 0 fully saturated rings. The van der Waals surface area contributed by atoms with Gasteiger partial charge in [-0.2, -0.15) is 0 Å². The number of hydrogen-bond acceptors (Lipinski definition) is 3. The molecule has 0 N–H and O–H groups in total. The first-order chi connectivity index (χ1) is 13.8. The molecular weight excluding hydrogens is 364 g/mol. The molecule has 0 bridgehead atoms. The second-order valence-electron chi connectivity index (χ2n) is 6.55. The van der Waals surface area contributed by atoms with Crippen molar-refractivity contribution in [1.29, 1.82) is 0 Å². The van der Waals surface area contributed by atoms with Gasteiger partial charge in [-0.1, -0.05) is 60.3 Å². The summed E-state index contributed by atoms with van der Waals surface area (Å²) in [6.07, 6.45) is 1.96. The van der Waals surface area contributed by atoms with E-state index in [1.807, 2.05) is 24.4 Å². The highest BCUT2D eigenvalue weighted by atomic mass is 32.2. The van der Waals surface area contributed by atoms with Crippen LogP contribution in [0.1, 0.15) is 11.1 Å². The second kappa shape index (κ2) is 8.36. The third kappa shape index (κ3) is 3.82. The van der Waals surface area contributed by atoms with Gasteiger partial charge >= 0.3 is 0 Å². The summed E-state index contributed by atoms with van der Waals surface area (Å²) in [5.74, 6) is 1.73. The number of ether oxygens (including phenoxy) is 1. The molecule has 0 atom stereocenters. The van der Waals surface area contributed by atoms with Crippen LogP contribution in [0.2, 0.25) is 0 Å². The van der Waals surface area contributed by atoms with Crippen LogP contribution in [-0.2, 0) is 5.75 Å². The lowest BCUT2D eigenvalue weighted by molar-refractivity contribution is 0.415. The van der Waals surface area contributed by atoms with E-state index >= 15 is 0 Å². The van der Waals surface area contributed by atoms with Gasteiger partial charge in [-0.3, -0.25) is 4.57 Å². The number of benzene rings is 3. The lowest BCUT2D eigenvalue weighted by Gasteiger charge is -2.14. The number of thioether (sulfide) groups is 1. The Labute approximate surface area is 170 Å². The van der Waals surface area contributed by atoms with Crippen molar-refractivity contribution in [1.82, 2.24) is 9.55 Å². The number of nitrogens with zero attached hydrogens (tertiary/aromatic N) is 2. The van der Waals surface area contributed by atoms with E-state index in [4.69, 9.17) is 9.72 Å². The van der Waals surface area contributed by atoms with Crippen LogP contribution in [-0.4, -0.2) is 16.7 Å². The highest BCUT2D eigenvalue weighted by Gasteiger charge is 2.15. The fourth-order valence-electron chi connectivity index (χ4n) is 3.17. The van der Waals surface area contributed by atoms with Crippen LogP contribution < -0.4 is 4.74 Å². The number of hydrogen-bond donors (Lipinski definition) is 0. The van der Waals surface area contributed by atoms with Crippen molar-refractivity contribution in [3.63, 3.8) is 0 Å². The minimum Gasteiger partial charge on any atom is -0.497 e. The van der Waals surface area contributed by atoms with Crippen molar-refractivity contribution in [3.8, 4) is 22.7 Å². The van der Waals surface area contributed by atoms with E-state index in [1.54, 1.807) is 18.9 Å². The predicted molar refractivity (Wildman–Crippen MR) is 116 cm³/mol. The third-order valence-electron chi connectivity index (χ3n) is 4.68. The molecular formula is C24H22N2OS. The standard InChI is InChI=1S/C24H22N2OS/c1-18-8-6-7-11-22(18)26-23(20-12-14-21(27-2)15-13-20)16-25-24(26)28-17-19-9-4-3-5-10-19/h3-16H,17H2,1-2H3. The van der Waals surface area contributed by atoms with Gasteiger partial charge in [0.2, 0.25) is 0 Å². The Morgan fingerprint density at radius 3 is 2.32 bits per heavy atom. The maximum Gasteiger partial charge on any atom is 0.173 e. The first-order valence-electron chi connectivity index (χ1n) is 9.21. The van der Waals surface area contributed by atoms with Gasteiger partial charge < -0.3 is 4.74 Å². The molecule has 0 unspecified atom stereocenters. The summed E-state index contributed by atoms with van der Waals surface area (Å²) in [7, 11) is 1.69. The van der Waals surface area contributed by atoms with Gasteiger partial charge in [0.05, 0.1) is 24.7 Å². The monoisotopic (exact) mass is 386 g/mol. The summed E-state index contributed by atoms with van der Waals surface area (Å²) in [5, 5.41) is 0.990. The number of rotatable bonds is 6. The van der Waals surface area contributed by atoms with Gasteiger partial charge in [-0.15, -0.1) is 0 Å². The lowest BCUT2D eigenvalue weighted by Crippen LogP contribution is -2.01. The fraction of sp³-hybridized carbons (Fsp3) is 0.125. The molecule has 28 heavy (non-hydrogen) atoms. The third-order valence-corrected chi connectivity index (χ3v) is 5.71. The van der Waals surface area contributed by atoms with Gasteiger partial charge in [0, 0.05) is 11.3 Å². The van der Waals surface area contributed by atoms with Crippen molar-refractivity contribution in [2.75, 3.05) is 7.11 Å². The summed E-state index contributed by atoms with van der Waals surface area (Å²) >= 11 is 1.75. The molecule has 0 spiro atoms. The van der Waals surface area contributed by atoms with Crippen molar-refractivity contribution in [2.24, 2.45) is 0 Å². The largest absolute Gasteiger partial charge is 0.497 e. The van der Waals surface area contributed by atoms with Crippen molar-refractivity contribution in [2.45, 2.75) is 17.8 Å². The molecule has 0 aliphatic rings. The normalized spacial score (nSPS) is 10.8. The first-order valence-corrected chi connectivity index (χ1v) is 10.2. The SMILES string of the molecule is COc1ccc(-c2cnc(SCc3ccccc3)n2-c2ccccc2C)cc1. The van der Waals surface area contributed by atoms with Crippen molar-refractivity contribution < 1.29 is 4.74 Å². The van der Waals surface area contributed by atoms with Crippen LogP contribution in [0.3, 0.4) is 0 Å². The number of aromatic nitrogens is 2. The summed E-state index contributed by atoms with van der Waals surface area (Å²) in [5.41, 5.74) is 5.85. The Morgan fingerprint density at radius 2 is 1.61 bits per heavy atom. The Hall–Kier alpha value is -2.98. The molecule has 3 aromatic carbocycles. The first kappa shape index (κ1) is 18.4. The van der Waals surface area contributed by atoms with E-state index in [-0.39, 0.29) is 0 Å². The molecule has 4 heteroatoms. The zero-order valence-electron chi connectivity index (χ0n) is 16.0. The Kier molecular flexibility index (Phi) is 5.49. The number of para-hydroxylation sites is 1. The van der Waals surface area contributed by atoms with Crippen molar-refractivity contribution in [3.05, 3.63) is 96.2 Å². The Balaban J connectivity index is 1.76. The second-order valence-corrected chi connectivity index (χ2v) is 7.49. The maximum absolute atomic E-state index is 5.31. The molecule has 0 radical (unpaired) electrons. The minimum atomic E-state index is 0.851. The zero-order chi connectivity index (χ0) is 19.3. The van der Waals surface area contributed by atoms with Crippen LogP contribution >= 0.6 is 11.8 Å². The average molecular weight is 387 g/mol. The molecule has 0 saturated heterocycles. The van der Waals surface area contributed by atoms with Crippen molar-refractivity contribution >= 4 is 11.8 Å². The van der Waals surface area contributed by atoms with E-state index in [0.29, 0.717) is 0 Å². The van der Waals surface area contributed by atoms with Crippen LogP contribution in [0.4, 0.5) is 0 Å². The Morgan fingerprint density at radius 1 is 0.893 bits per heavy atom. The smallest absolute Gasteiger partial charge is 0.173 e. The fourth-order valence-corrected chi connectivity index (χ4v) is 4.11. The van der Waals surface area contributed by atoms with Gasteiger partial charge in [0.1, 0.15) is 5.75 Å². The van der Waals surface area contributed by atoms with Crippen LogP contribution in [0.5, 0.6) is 5.75 Å². The number of imidazole rings is 1. The lowest BCUT2D eigenvalue weighted by atomic mass is 10.1. The van der Waals surface area contributed by atoms with E-state index < -0.39 is 0 Å². The molecule has 4 aromatic rings. The molecule has 1 heterocycles. The van der Waals surface area contributed by atoms with Gasteiger partial charge in [0.15, 0.2) is 5.16 Å². The summed E-state index contributed by atoms with van der Waals surface area (Å²) in [4.78, 5) is 4.76. The summed E-state index contributed by atoms with van der Waals surface area (Å²) in [6, 6.07) is 27.1. The van der Waals surface area contributed by atoms with Crippen LogP contribution in [0.25, 0.3) is 16.9 Å². The van der Waals surface area contributed by atoms with Gasteiger partial charge in [-0.25, -0.2) is 4.98 Å². The molecule has 1 aromatic heterocycles. The highest BCUT2D eigenvalue weighted by Crippen LogP contribution is 2.33. The van der Waals surface area contributed by atoms with Crippen LogP contribution in [0.15, 0.2) is 90.2 Å². The minimum absolute atomic E-state index is 0.851. The topological polar surface area (TPSA) is 27.1 Å². The quantitative estimate of drug-likeness (QED) is 0.372. The summed E-state index contributed by atoms with van der Waals surface area (Å²) in [6.45, 7) is 2.14. The average Bonchev–Trinajstić information content (AvgIpc) is 3.17. The van der Waals surface area contributed by atoms with E-state index in [9.17, 15) is 0 Å². The number of aryl methyl sites for hydroxylation is 1.